The molecule has 0 fully saturated rings. The Balaban J connectivity index is 4.56. The summed E-state index contributed by atoms with van der Waals surface area (Å²) in [5, 5.41) is 0. The summed E-state index contributed by atoms with van der Waals surface area (Å²) in [5.74, 6) is 0. The van der Waals surface area contributed by atoms with Crippen LogP contribution >= 0.6 is 0 Å². The van der Waals surface area contributed by atoms with E-state index in [1.807, 2.05) is 0 Å². The normalized spacial score (nSPS) is 17.6. The SMILES string of the molecule is CCC(C)[Si](C)(C)O[Si](C)(C)C(C)CC. The quantitative estimate of drug-likeness (QED) is 0.598. The van der Waals surface area contributed by atoms with Crippen LogP contribution in [0, 0.1) is 0 Å². The summed E-state index contributed by atoms with van der Waals surface area (Å²) < 4.78 is 6.61. The maximum atomic E-state index is 6.61. The summed E-state index contributed by atoms with van der Waals surface area (Å²) in [6, 6.07) is 0. The van der Waals surface area contributed by atoms with Gasteiger partial charge in [0.15, 0.2) is 16.6 Å². The first kappa shape index (κ1) is 15.4. The predicted molar refractivity (Wildman–Crippen MR) is 75.5 cm³/mol. The van der Waals surface area contributed by atoms with Crippen molar-refractivity contribution in [3.63, 3.8) is 0 Å². The fourth-order valence-corrected chi connectivity index (χ4v) is 10.9. The van der Waals surface area contributed by atoms with Gasteiger partial charge in [0, 0.05) is 0 Å². The topological polar surface area (TPSA) is 9.23 Å². The van der Waals surface area contributed by atoms with E-state index >= 15 is 0 Å². The van der Waals surface area contributed by atoms with Crippen molar-refractivity contribution < 1.29 is 4.12 Å². The van der Waals surface area contributed by atoms with E-state index in [4.69, 9.17) is 4.12 Å². The summed E-state index contributed by atoms with van der Waals surface area (Å²) in [7, 11) is -2.92. The maximum absolute atomic E-state index is 6.61. The van der Waals surface area contributed by atoms with Crippen molar-refractivity contribution in [1.29, 1.82) is 0 Å². The molecule has 0 N–H and O–H groups in total. The molecule has 15 heavy (non-hydrogen) atoms. The van der Waals surface area contributed by atoms with Gasteiger partial charge in [-0.15, -0.1) is 0 Å². The van der Waals surface area contributed by atoms with Crippen molar-refractivity contribution in [2.45, 2.75) is 77.8 Å². The minimum Gasteiger partial charge on any atom is -0.455 e. The highest BCUT2D eigenvalue weighted by Crippen LogP contribution is 2.34. The molecule has 0 saturated heterocycles. The molecule has 0 aliphatic rings. The van der Waals surface area contributed by atoms with Gasteiger partial charge in [-0.25, -0.2) is 0 Å². The van der Waals surface area contributed by atoms with Crippen LogP contribution in [0.4, 0.5) is 0 Å². The first-order valence-corrected chi connectivity index (χ1v) is 12.3. The van der Waals surface area contributed by atoms with Gasteiger partial charge in [0.25, 0.3) is 0 Å². The number of hydrogen-bond acceptors (Lipinski definition) is 1. The second kappa shape index (κ2) is 5.64. The van der Waals surface area contributed by atoms with Gasteiger partial charge in [0.05, 0.1) is 0 Å². The fraction of sp³-hybridized carbons (Fsp3) is 1.00. The molecule has 0 saturated carbocycles. The van der Waals surface area contributed by atoms with E-state index in [2.05, 4.69) is 53.9 Å². The van der Waals surface area contributed by atoms with E-state index in [0.717, 1.165) is 11.1 Å². The van der Waals surface area contributed by atoms with Crippen LogP contribution in [0.15, 0.2) is 0 Å². The lowest BCUT2D eigenvalue weighted by molar-refractivity contribution is 0.496. The third-order valence-electron chi connectivity index (χ3n) is 4.12. The second-order valence-corrected chi connectivity index (χ2v) is 15.1. The van der Waals surface area contributed by atoms with Crippen LogP contribution in [-0.4, -0.2) is 16.6 Å². The van der Waals surface area contributed by atoms with E-state index in [1.165, 1.54) is 12.8 Å². The third-order valence-corrected chi connectivity index (χ3v) is 13.9. The van der Waals surface area contributed by atoms with Gasteiger partial charge in [-0.3, -0.25) is 0 Å². The molecule has 0 bridgehead atoms. The van der Waals surface area contributed by atoms with Crippen LogP contribution in [0.5, 0.6) is 0 Å². The molecular weight excluding hydrogens is 216 g/mol. The van der Waals surface area contributed by atoms with Gasteiger partial charge in [-0.1, -0.05) is 40.5 Å². The van der Waals surface area contributed by atoms with Crippen molar-refractivity contribution in [3.05, 3.63) is 0 Å². The highest BCUT2D eigenvalue weighted by atomic mass is 28.4. The summed E-state index contributed by atoms with van der Waals surface area (Å²) in [5.41, 5.74) is 1.54. The van der Waals surface area contributed by atoms with Crippen LogP contribution < -0.4 is 0 Å². The molecule has 1 nitrogen and oxygen atoms in total. The first-order chi connectivity index (χ1) is 6.67. The van der Waals surface area contributed by atoms with Crippen molar-refractivity contribution in [2.24, 2.45) is 0 Å². The van der Waals surface area contributed by atoms with Crippen LogP contribution in [0.25, 0.3) is 0 Å². The van der Waals surface area contributed by atoms with E-state index in [-0.39, 0.29) is 0 Å². The zero-order chi connectivity index (χ0) is 12.3. The zero-order valence-electron chi connectivity index (χ0n) is 12.0. The summed E-state index contributed by atoms with van der Waals surface area (Å²) in [6.45, 7) is 18.8. The third kappa shape index (κ3) is 4.41. The van der Waals surface area contributed by atoms with E-state index in [1.54, 1.807) is 0 Å². The Kier molecular flexibility index (Phi) is 5.79. The molecule has 0 heterocycles. The summed E-state index contributed by atoms with van der Waals surface area (Å²) >= 11 is 0. The Morgan fingerprint density at radius 1 is 0.800 bits per heavy atom. The molecule has 0 aromatic carbocycles. The minimum atomic E-state index is -1.46. The number of hydrogen-bond donors (Lipinski definition) is 0. The lowest BCUT2D eigenvalue weighted by atomic mass is 10.4. The Hall–Kier alpha value is 0.394. The van der Waals surface area contributed by atoms with Crippen molar-refractivity contribution >= 4 is 16.6 Å². The van der Waals surface area contributed by atoms with Crippen LogP contribution in [0.2, 0.25) is 37.3 Å². The molecule has 0 radical (unpaired) electrons. The molecular formula is C12H30OSi2. The Morgan fingerprint density at radius 3 is 1.27 bits per heavy atom. The molecule has 2 unspecified atom stereocenters. The average Bonchev–Trinajstić information content (AvgIpc) is 2.13. The number of rotatable bonds is 6. The summed E-state index contributed by atoms with van der Waals surface area (Å²) in [4.78, 5) is 0. The molecule has 0 aliphatic heterocycles. The standard InChI is InChI=1S/C12H30OSi2/c1-9-11(3)14(5,6)13-15(7,8)12(4)10-2/h11-12H,9-10H2,1-8H3. The maximum Gasteiger partial charge on any atom is 0.176 e. The van der Waals surface area contributed by atoms with Gasteiger partial charge >= 0.3 is 0 Å². The highest BCUT2D eigenvalue weighted by Gasteiger charge is 2.38. The minimum absolute atomic E-state index is 0.772. The lowest BCUT2D eigenvalue weighted by Gasteiger charge is -2.40. The fourth-order valence-electron chi connectivity index (χ4n) is 1.86. The van der Waals surface area contributed by atoms with E-state index in [0.29, 0.717) is 0 Å². The largest absolute Gasteiger partial charge is 0.455 e. The molecule has 3 heteroatoms. The zero-order valence-corrected chi connectivity index (χ0v) is 14.0. The monoisotopic (exact) mass is 246 g/mol. The van der Waals surface area contributed by atoms with E-state index in [9.17, 15) is 0 Å². The van der Waals surface area contributed by atoms with Crippen LogP contribution in [0.3, 0.4) is 0 Å². The molecule has 0 aliphatic carbocycles. The van der Waals surface area contributed by atoms with E-state index < -0.39 is 16.6 Å². The molecule has 0 aromatic heterocycles. The molecule has 0 amide bonds. The van der Waals surface area contributed by atoms with Crippen molar-refractivity contribution in [3.8, 4) is 0 Å². The Labute approximate surface area is 98.9 Å². The molecule has 2 atom stereocenters. The van der Waals surface area contributed by atoms with Gasteiger partial charge in [0.2, 0.25) is 0 Å². The first-order valence-electron chi connectivity index (χ1n) is 6.37. The second-order valence-electron chi connectivity index (χ2n) is 5.93. The molecule has 92 valence electrons. The van der Waals surface area contributed by atoms with Crippen LogP contribution in [0.1, 0.15) is 40.5 Å². The molecule has 0 rings (SSSR count). The van der Waals surface area contributed by atoms with Gasteiger partial charge in [-0.2, -0.15) is 0 Å². The Bertz CT molecular complexity index is 170. The smallest absolute Gasteiger partial charge is 0.176 e. The Morgan fingerprint density at radius 2 is 1.07 bits per heavy atom. The van der Waals surface area contributed by atoms with Crippen molar-refractivity contribution in [2.75, 3.05) is 0 Å². The van der Waals surface area contributed by atoms with Gasteiger partial charge in [-0.05, 0) is 37.3 Å². The highest BCUT2D eigenvalue weighted by molar-refractivity contribution is 6.86. The average molecular weight is 247 g/mol. The van der Waals surface area contributed by atoms with Gasteiger partial charge in [0.1, 0.15) is 0 Å². The van der Waals surface area contributed by atoms with Crippen molar-refractivity contribution in [1.82, 2.24) is 0 Å². The lowest BCUT2D eigenvalue weighted by Crippen LogP contribution is -2.48. The van der Waals surface area contributed by atoms with Gasteiger partial charge < -0.3 is 4.12 Å². The predicted octanol–water partition coefficient (Wildman–Crippen LogP) is 5.01. The summed E-state index contributed by atoms with van der Waals surface area (Å²) in [6.07, 6.45) is 2.51. The molecule has 0 spiro atoms. The molecule has 0 aromatic rings. The van der Waals surface area contributed by atoms with Crippen LogP contribution in [-0.2, 0) is 4.12 Å².